The summed E-state index contributed by atoms with van der Waals surface area (Å²) in [5, 5.41) is 0. The van der Waals surface area contributed by atoms with E-state index in [1.165, 1.54) is 6.42 Å². The van der Waals surface area contributed by atoms with Gasteiger partial charge in [-0.25, -0.2) is 0 Å². The third-order valence-corrected chi connectivity index (χ3v) is 9.55. The Hall–Kier alpha value is -3.67. The Labute approximate surface area is 362 Å². The lowest BCUT2D eigenvalue weighted by Gasteiger charge is -2.18. The average molecular weight is 819 g/mol. The van der Waals surface area contributed by atoms with Crippen LogP contribution in [0.25, 0.3) is 0 Å². The van der Waals surface area contributed by atoms with Crippen molar-refractivity contribution < 1.29 is 28.6 Å². The fraction of sp³-hybridized carbons (Fsp3) is 0.642. The Bertz CT molecular complexity index is 1220. The zero-order valence-electron chi connectivity index (χ0n) is 38.0. The fourth-order valence-corrected chi connectivity index (χ4v) is 6.01. The van der Waals surface area contributed by atoms with Gasteiger partial charge in [-0.05, 0) is 96.3 Å². The van der Waals surface area contributed by atoms with E-state index in [1.54, 1.807) is 0 Å². The van der Waals surface area contributed by atoms with E-state index in [0.29, 0.717) is 19.3 Å². The molecule has 0 spiro atoms. The summed E-state index contributed by atoms with van der Waals surface area (Å²) in [4.78, 5) is 37.5. The number of rotatable bonds is 41. The fourth-order valence-electron chi connectivity index (χ4n) is 6.01. The number of unbranched alkanes of at least 4 members (excludes halogenated alkanes) is 14. The lowest BCUT2D eigenvalue weighted by Crippen LogP contribution is -2.30. The van der Waals surface area contributed by atoms with Crippen molar-refractivity contribution in [1.82, 2.24) is 0 Å². The zero-order valence-corrected chi connectivity index (χ0v) is 38.0. The van der Waals surface area contributed by atoms with Crippen molar-refractivity contribution in [2.75, 3.05) is 13.2 Å². The Morgan fingerprint density at radius 3 is 1.10 bits per heavy atom. The number of hydrogen-bond donors (Lipinski definition) is 0. The Morgan fingerprint density at radius 2 is 0.695 bits per heavy atom. The maximum absolute atomic E-state index is 12.7. The minimum Gasteiger partial charge on any atom is -0.462 e. The normalized spacial score (nSPS) is 12.9. The molecule has 0 aromatic rings. The first-order valence-corrected chi connectivity index (χ1v) is 23.7. The van der Waals surface area contributed by atoms with Gasteiger partial charge in [-0.3, -0.25) is 14.4 Å². The SMILES string of the molecule is CC/C=C\C/C=C\C/C=C\C/C=C\C/C=C\C/C=C\CCCCCCC(=O)OCC(COC(=O)CCCCCCC)OC(=O)CCCCCCC/C=C\C/C=C\CCC. The molecular weight excluding hydrogens is 733 g/mol. The van der Waals surface area contributed by atoms with Crippen molar-refractivity contribution in [1.29, 1.82) is 0 Å². The zero-order chi connectivity index (χ0) is 43.0. The van der Waals surface area contributed by atoms with Crippen LogP contribution in [0.4, 0.5) is 0 Å². The predicted molar refractivity (Wildman–Crippen MR) is 251 cm³/mol. The standard InChI is InChI=1S/C53H86O6/c1-4-7-10-13-15-17-19-21-22-23-24-25-26-27-28-29-30-32-33-35-37-40-43-46-52(55)58-49-50(48-57-51(54)45-42-39-12-9-6-3)59-53(56)47-44-41-38-36-34-31-20-18-16-14-11-8-5-2/h7,10-11,14-15,17-18,20-22,24-25,27-28,30,32,50H,4-6,8-9,12-13,16,19,23,26,29,31,33-49H2,1-3H3/b10-7-,14-11-,17-15-,20-18-,22-21-,25-24-,28-27-,32-30-. The lowest BCUT2D eigenvalue weighted by atomic mass is 10.1. The molecule has 0 heterocycles. The van der Waals surface area contributed by atoms with Crippen LogP contribution in [0.1, 0.15) is 201 Å². The number of carbonyl (C=O) groups is 3. The molecule has 0 aliphatic carbocycles. The highest BCUT2D eigenvalue weighted by Gasteiger charge is 2.19. The van der Waals surface area contributed by atoms with E-state index in [2.05, 4.69) is 118 Å². The summed E-state index contributed by atoms with van der Waals surface area (Å²) in [5.74, 6) is -0.957. The molecule has 0 N–H and O–H groups in total. The second-order valence-electron chi connectivity index (χ2n) is 15.3. The number of hydrogen-bond acceptors (Lipinski definition) is 6. The van der Waals surface area contributed by atoms with Gasteiger partial charge in [0.2, 0.25) is 0 Å². The van der Waals surface area contributed by atoms with E-state index in [-0.39, 0.29) is 31.1 Å². The molecular formula is C53H86O6. The number of allylic oxidation sites excluding steroid dienone is 16. The summed E-state index contributed by atoms with van der Waals surface area (Å²) in [6, 6.07) is 0. The van der Waals surface area contributed by atoms with Gasteiger partial charge >= 0.3 is 17.9 Å². The molecule has 0 aliphatic heterocycles. The van der Waals surface area contributed by atoms with Gasteiger partial charge in [0.15, 0.2) is 6.10 Å². The van der Waals surface area contributed by atoms with Gasteiger partial charge < -0.3 is 14.2 Å². The van der Waals surface area contributed by atoms with Gasteiger partial charge in [-0.1, -0.05) is 182 Å². The smallest absolute Gasteiger partial charge is 0.306 e. The topological polar surface area (TPSA) is 78.9 Å². The molecule has 1 unspecified atom stereocenters. The van der Waals surface area contributed by atoms with E-state index < -0.39 is 6.10 Å². The summed E-state index contributed by atoms with van der Waals surface area (Å²) >= 11 is 0. The molecule has 0 aromatic heterocycles. The van der Waals surface area contributed by atoms with Crippen LogP contribution in [0, 0.1) is 0 Å². The Balaban J connectivity index is 4.26. The molecule has 6 heteroatoms. The van der Waals surface area contributed by atoms with Crippen LogP contribution in [0.2, 0.25) is 0 Å². The molecule has 6 nitrogen and oxygen atoms in total. The monoisotopic (exact) mass is 819 g/mol. The molecule has 0 amide bonds. The van der Waals surface area contributed by atoms with E-state index >= 15 is 0 Å². The van der Waals surface area contributed by atoms with Crippen LogP contribution >= 0.6 is 0 Å². The van der Waals surface area contributed by atoms with Gasteiger partial charge in [0.25, 0.3) is 0 Å². The van der Waals surface area contributed by atoms with Gasteiger partial charge in [0.05, 0.1) is 0 Å². The van der Waals surface area contributed by atoms with E-state index in [4.69, 9.17) is 14.2 Å². The Morgan fingerprint density at radius 1 is 0.356 bits per heavy atom. The third kappa shape index (κ3) is 45.3. The highest BCUT2D eigenvalue weighted by atomic mass is 16.6. The minimum atomic E-state index is -0.791. The molecule has 334 valence electrons. The maximum atomic E-state index is 12.7. The quantitative estimate of drug-likeness (QED) is 0.0265. The summed E-state index contributed by atoms with van der Waals surface area (Å²) in [6.07, 6.45) is 61.4. The summed E-state index contributed by atoms with van der Waals surface area (Å²) in [7, 11) is 0. The predicted octanol–water partition coefficient (Wildman–Crippen LogP) is 15.4. The Kier molecular flexibility index (Phi) is 44.1. The molecule has 0 saturated carbocycles. The molecule has 0 radical (unpaired) electrons. The number of ether oxygens (including phenoxy) is 3. The first kappa shape index (κ1) is 55.3. The molecule has 0 saturated heterocycles. The van der Waals surface area contributed by atoms with Crippen molar-refractivity contribution in [2.45, 2.75) is 207 Å². The van der Waals surface area contributed by atoms with Crippen LogP contribution < -0.4 is 0 Å². The second kappa shape index (κ2) is 47.0. The van der Waals surface area contributed by atoms with Crippen LogP contribution in [-0.4, -0.2) is 37.2 Å². The second-order valence-corrected chi connectivity index (χ2v) is 15.3. The van der Waals surface area contributed by atoms with E-state index in [1.807, 2.05) is 0 Å². The maximum Gasteiger partial charge on any atom is 0.306 e. The summed E-state index contributed by atoms with van der Waals surface area (Å²) in [5.41, 5.74) is 0. The molecule has 0 fully saturated rings. The van der Waals surface area contributed by atoms with Gasteiger partial charge in [0.1, 0.15) is 13.2 Å². The molecule has 0 aromatic carbocycles. The van der Waals surface area contributed by atoms with Gasteiger partial charge in [0, 0.05) is 19.3 Å². The molecule has 0 bridgehead atoms. The first-order valence-electron chi connectivity index (χ1n) is 23.7. The average Bonchev–Trinajstić information content (AvgIpc) is 3.23. The summed E-state index contributed by atoms with van der Waals surface area (Å²) < 4.78 is 16.6. The minimum absolute atomic E-state index is 0.0939. The van der Waals surface area contributed by atoms with E-state index in [9.17, 15) is 14.4 Å². The van der Waals surface area contributed by atoms with Crippen molar-refractivity contribution in [3.05, 3.63) is 97.2 Å². The largest absolute Gasteiger partial charge is 0.462 e. The van der Waals surface area contributed by atoms with Gasteiger partial charge in [-0.2, -0.15) is 0 Å². The van der Waals surface area contributed by atoms with Crippen LogP contribution in [0.3, 0.4) is 0 Å². The first-order chi connectivity index (χ1) is 29.0. The third-order valence-electron chi connectivity index (χ3n) is 9.55. The van der Waals surface area contributed by atoms with Crippen LogP contribution in [0.5, 0.6) is 0 Å². The molecule has 0 aliphatic rings. The molecule has 59 heavy (non-hydrogen) atoms. The van der Waals surface area contributed by atoms with Crippen LogP contribution in [0.15, 0.2) is 97.2 Å². The molecule has 0 rings (SSSR count). The van der Waals surface area contributed by atoms with Crippen molar-refractivity contribution in [2.24, 2.45) is 0 Å². The lowest BCUT2D eigenvalue weighted by molar-refractivity contribution is -0.167. The van der Waals surface area contributed by atoms with Gasteiger partial charge in [-0.15, -0.1) is 0 Å². The van der Waals surface area contributed by atoms with Crippen molar-refractivity contribution >= 4 is 17.9 Å². The molecule has 1 atom stereocenters. The van der Waals surface area contributed by atoms with Crippen molar-refractivity contribution in [3.63, 3.8) is 0 Å². The van der Waals surface area contributed by atoms with Crippen LogP contribution in [-0.2, 0) is 28.6 Å². The highest BCUT2D eigenvalue weighted by molar-refractivity contribution is 5.71. The highest BCUT2D eigenvalue weighted by Crippen LogP contribution is 2.12. The summed E-state index contributed by atoms with van der Waals surface area (Å²) in [6.45, 7) is 6.31. The number of esters is 3. The number of carbonyl (C=O) groups excluding carboxylic acids is 3. The van der Waals surface area contributed by atoms with Crippen molar-refractivity contribution in [3.8, 4) is 0 Å². The van der Waals surface area contributed by atoms with E-state index in [0.717, 1.165) is 154 Å².